The van der Waals surface area contributed by atoms with Gasteiger partial charge >= 0.3 is 6.18 Å². The predicted molar refractivity (Wildman–Crippen MR) is 97.7 cm³/mol. The van der Waals surface area contributed by atoms with Crippen LogP contribution in [0, 0.1) is 5.82 Å². The molecule has 0 saturated carbocycles. The molecule has 3 rings (SSSR count). The van der Waals surface area contributed by atoms with E-state index in [0.717, 1.165) is 11.6 Å². The smallest absolute Gasteiger partial charge is 0.348 e. The molecule has 0 aliphatic carbocycles. The fourth-order valence-electron chi connectivity index (χ4n) is 3.15. The minimum Gasteiger partial charge on any atom is -0.348 e. The van der Waals surface area contributed by atoms with Crippen LogP contribution in [-0.2, 0) is 24.1 Å². The van der Waals surface area contributed by atoms with Crippen LogP contribution < -0.4 is 5.32 Å². The molecule has 7 heteroatoms. The van der Waals surface area contributed by atoms with E-state index in [2.05, 4.69) is 10.2 Å². The molecule has 1 aliphatic rings. The number of nitrogens with zero attached hydrogens (tertiary/aromatic N) is 1. The Morgan fingerprint density at radius 3 is 2.43 bits per heavy atom. The number of benzene rings is 2. The average Bonchev–Trinajstić information content (AvgIpc) is 2.68. The van der Waals surface area contributed by atoms with E-state index in [1.807, 2.05) is 0 Å². The number of hydrogen-bond acceptors (Lipinski definition) is 2. The summed E-state index contributed by atoms with van der Waals surface area (Å²) in [7, 11) is 0. The first kappa shape index (κ1) is 20.1. The van der Waals surface area contributed by atoms with Crippen LogP contribution >= 0.6 is 0 Å². The number of halogens is 4. The van der Waals surface area contributed by atoms with E-state index in [1.165, 1.54) is 30.3 Å². The monoisotopic (exact) mass is 392 g/mol. The van der Waals surface area contributed by atoms with E-state index >= 15 is 0 Å². The third-order valence-electron chi connectivity index (χ3n) is 4.67. The summed E-state index contributed by atoms with van der Waals surface area (Å²) in [4.78, 5) is 14.4. The summed E-state index contributed by atoms with van der Waals surface area (Å²) in [6, 6.07) is 11.5. The van der Waals surface area contributed by atoms with Gasteiger partial charge in [-0.1, -0.05) is 36.4 Å². The molecule has 2 aromatic rings. The zero-order chi connectivity index (χ0) is 20.1. The highest BCUT2D eigenvalue weighted by Crippen LogP contribution is 2.31. The van der Waals surface area contributed by atoms with Crippen molar-refractivity contribution < 1.29 is 22.4 Å². The lowest BCUT2D eigenvalue weighted by molar-refractivity contribution is -0.138. The molecule has 1 heterocycles. The second-order valence-electron chi connectivity index (χ2n) is 6.68. The molecule has 0 spiro atoms. The van der Waals surface area contributed by atoms with Gasteiger partial charge in [0, 0.05) is 31.8 Å². The Morgan fingerprint density at radius 2 is 1.79 bits per heavy atom. The summed E-state index contributed by atoms with van der Waals surface area (Å²) in [6.45, 7) is 1.67. The second kappa shape index (κ2) is 8.56. The molecule has 3 nitrogen and oxygen atoms in total. The standard InChI is InChI=1S/C21H20F4N2O/c22-18-7-5-15(6-8-18)14-27-11-9-16(10-12-27)20(28)26-13-17-3-1-2-4-19(17)21(23,24)25/h1-9H,10-14H2,(H,26,28). The van der Waals surface area contributed by atoms with Crippen molar-refractivity contribution >= 4 is 5.91 Å². The van der Waals surface area contributed by atoms with E-state index in [-0.39, 0.29) is 23.8 Å². The normalized spacial score (nSPS) is 15.2. The minimum atomic E-state index is -4.45. The van der Waals surface area contributed by atoms with Gasteiger partial charge in [0.1, 0.15) is 5.82 Å². The van der Waals surface area contributed by atoms with Crippen molar-refractivity contribution in [1.82, 2.24) is 10.2 Å². The van der Waals surface area contributed by atoms with Gasteiger partial charge in [-0.15, -0.1) is 0 Å². The molecule has 148 valence electrons. The minimum absolute atomic E-state index is 0.0395. The Bertz CT molecular complexity index is 859. The Balaban J connectivity index is 1.55. The first-order chi connectivity index (χ1) is 13.3. The molecule has 0 unspecified atom stereocenters. The third-order valence-corrected chi connectivity index (χ3v) is 4.67. The second-order valence-corrected chi connectivity index (χ2v) is 6.68. The van der Waals surface area contributed by atoms with Crippen molar-refractivity contribution in [2.45, 2.75) is 25.7 Å². The van der Waals surface area contributed by atoms with Gasteiger partial charge in [0.05, 0.1) is 5.56 Å². The van der Waals surface area contributed by atoms with Crippen molar-refractivity contribution in [1.29, 1.82) is 0 Å². The molecule has 1 amide bonds. The number of nitrogens with one attached hydrogen (secondary N) is 1. The maximum absolute atomic E-state index is 13.0. The summed E-state index contributed by atoms with van der Waals surface area (Å²) >= 11 is 0. The predicted octanol–water partition coefficient (Wildman–Crippen LogP) is 4.29. The van der Waals surface area contributed by atoms with Crippen LogP contribution in [0.5, 0.6) is 0 Å². The highest BCUT2D eigenvalue weighted by Gasteiger charge is 2.32. The van der Waals surface area contributed by atoms with Gasteiger partial charge in [-0.25, -0.2) is 4.39 Å². The van der Waals surface area contributed by atoms with E-state index < -0.39 is 11.7 Å². The molecule has 1 N–H and O–H groups in total. The average molecular weight is 392 g/mol. The molecule has 28 heavy (non-hydrogen) atoms. The maximum Gasteiger partial charge on any atom is 0.416 e. The molecule has 0 bridgehead atoms. The van der Waals surface area contributed by atoms with Gasteiger partial charge < -0.3 is 5.32 Å². The summed E-state index contributed by atoms with van der Waals surface area (Å²) in [6.07, 6.45) is -2.15. The van der Waals surface area contributed by atoms with E-state index in [9.17, 15) is 22.4 Å². The van der Waals surface area contributed by atoms with Gasteiger partial charge in [0.15, 0.2) is 0 Å². The van der Waals surface area contributed by atoms with Gasteiger partial charge in [-0.2, -0.15) is 13.2 Å². The number of rotatable bonds is 5. The Morgan fingerprint density at radius 1 is 1.07 bits per heavy atom. The molecule has 1 aliphatic heterocycles. The van der Waals surface area contributed by atoms with E-state index in [4.69, 9.17) is 0 Å². The fourth-order valence-corrected chi connectivity index (χ4v) is 3.15. The Labute approximate surface area is 160 Å². The van der Waals surface area contributed by atoms with Crippen molar-refractivity contribution in [2.24, 2.45) is 0 Å². The molecular weight excluding hydrogens is 372 g/mol. The molecule has 0 fully saturated rings. The van der Waals surface area contributed by atoms with E-state index in [1.54, 1.807) is 18.2 Å². The van der Waals surface area contributed by atoms with Gasteiger partial charge in [-0.05, 0) is 35.7 Å². The van der Waals surface area contributed by atoms with Gasteiger partial charge in [0.25, 0.3) is 0 Å². The molecule has 0 aromatic heterocycles. The van der Waals surface area contributed by atoms with E-state index in [0.29, 0.717) is 31.6 Å². The molecule has 0 saturated heterocycles. The quantitative estimate of drug-likeness (QED) is 0.770. The fraction of sp³-hybridized carbons (Fsp3) is 0.286. The van der Waals surface area contributed by atoms with Gasteiger partial charge in [-0.3, -0.25) is 9.69 Å². The van der Waals surface area contributed by atoms with Crippen molar-refractivity contribution in [3.8, 4) is 0 Å². The lowest BCUT2D eigenvalue weighted by Crippen LogP contribution is -2.33. The van der Waals surface area contributed by atoms with Crippen LogP contribution in [0.3, 0.4) is 0 Å². The maximum atomic E-state index is 13.0. The number of carbonyl (C=O) groups is 1. The van der Waals surface area contributed by atoms with Crippen molar-refractivity contribution in [3.05, 3.63) is 82.7 Å². The van der Waals surface area contributed by atoms with Gasteiger partial charge in [0.2, 0.25) is 5.91 Å². The zero-order valence-corrected chi connectivity index (χ0v) is 15.1. The number of hydrogen-bond donors (Lipinski definition) is 1. The van der Waals surface area contributed by atoms with Crippen LogP contribution in [0.15, 0.2) is 60.2 Å². The van der Waals surface area contributed by atoms with Crippen LogP contribution in [0.1, 0.15) is 23.1 Å². The third kappa shape index (κ3) is 5.19. The largest absolute Gasteiger partial charge is 0.416 e. The van der Waals surface area contributed by atoms with Crippen LogP contribution in [0.25, 0.3) is 0 Å². The Kier molecular flexibility index (Phi) is 6.14. The zero-order valence-electron chi connectivity index (χ0n) is 15.1. The molecule has 2 aromatic carbocycles. The number of amides is 1. The van der Waals surface area contributed by atoms with Crippen LogP contribution in [0.4, 0.5) is 17.6 Å². The van der Waals surface area contributed by atoms with Crippen molar-refractivity contribution in [3.63, 3.8) is 0 Å². The summed E-state index contributed by atoms with van der Waals surface area (Å²) in [5, 5.41) is 2.58. The lowest BCUT2D eigenvalue weighted by atomic mass is 10.0. The van der Waals surface area contributed by atoms with Crippen LogP contribution in [0.2, 0.25) is 0 Å². The first-order valence-corrected chi connectivity index (χ1v) is 8.92. The Hall–Kier alpha value is -2.67. The molecular formula is C21H20F4N2O. The van der Waals surface area contributed by atoms with Crippen LogP contribution in [-0.4, -0.2) is 23.9 Å². The lowest BCUT2D eigenvalue weighted by Gasteiger charge is -2.26. The highest BCUT2D eigenvalue weighted by molar-refractivity contribution is 5.93. The highest BCUT2D eigenvalue weighted by atomic mass is 19.4. The summed E-state index contributed by atoms with van der Waals surface area (Å²) < 4.78 is 52.0. The van der Waals surface area contributed by atoms with Crippen molar-refractivity contribution in [2.75, 3.05) is 13.1 Å². The first-order valence-electron chi connectivity index (χ1n) is 8.92. The summed E-state index contributed by atoms with van der Waals surface area (Å²) in [5.41, 5.74) is 0.849. The topological polar surface area (TPSA) is 32.3 Å². The SMILES string of the molecule is O=C(NCc1ccccc1C(F)(F)F)C1=CCN(Cc2ccc(F)cc2)CC1. The molecule has 0 atom stereocenters. The number of carbonyl (C=O) groups excluding carboxylic acids is 1. The summed E-state index contributed by atoms with van der Waals surface area (Å²) in [5.74, 6) is -0.633. The number of alkyl halides is 3. The molecule has 0 radical (unpaired) electrons.